The van der Waals surface area contributed by atoms with Crippen LogP contribution in [0.3, 0.4) is 0 Å². The molecular formula is C6H8ClNS. The summed E-state index contributed by atoms with van der Waals surface area (Å²) in [5, 5.41) is 0. The zero-order valence-electron chi connectivity index (χ0n) is 5.22. The van der Waals surface area contributed by atoms with Crippen LogP contribution in [-0.4, -0.2) is 10.3 Å². The Kier molecular flexibility index (Phi) is 2.49. The lowest BCUT2D eigenvalue weighted by Crippen LogP contribution is -1.77. The molecule has 1 heterocycles. The molecule has 3 heteroatoms. The van der Waals surface area contributed by atoms with E-state index in [4.69, 9.17) is 11.6 Å². The van der Waals surface area contributed by atoms with Crippen molar-refractivity contribution in [1.29, 1.82) is 0 Å². The minimum absolute atomic E-state index is 0.696. The molecule has 0 spiro atoms. The lowest BCUT2D eigenvalue weighted by atomic mass is 10.3. The van der Waals surface area contributed by atoms with E-state index < -0.39 is 0 Å². The van der Waals surface area contributed by atoms with Gasteiger partial charge in [0.15, 0.2) is 0 Å². The molecule has 50 valence electrons. The van der Waals surface area contributed by atoms with E-state index in [1.54, 1.807) is 0 Å². The molecule has 0 saturated carbocycles. The molecule has 0 unspecified atom stereocenters. The van der Waals surface area contributed by atoms with Gasteiger partial charge >= 0.3 is 0 Å². The summed E-state index contributed by atoms with van der Waals surface area (Å²) in [5.41, 5.74) is 1.10. The number of aryl methyl sites for hydroxylation is 2. The number of alkyl halides is 1. The summed E-state index contributed by atoms with van der Waals surface area (Å²) in [4.78, 5) is 1.28. The summed E-state index contributed by atoms with van der Waals surface area (Å²) in [6.45, 7) is 1.99. The monoisotopic (exact) mass is 161 g/mol. The largest absolute Gasteiger partial charge is 0.198 e. The predicted molar refractivity (Wildman–Crippen MR) is 41.3 cm³/mol. The normalized spacial score (nSPS) is 10.0. The molecule has 0 amide bonds. The molecular weight excluding hydrogens is 154 g/mol. The average Bonchev–Trinajstić information content (AvgIpc) is 2.17. The van der Waals surface area contributed by atoms with Gasteiger partial charge in [-0.2, -0.15) is 4.37 Å². The van der Waals surface area contributed by atoms with Crippen LogP contribution in [0.25, 0.3) is 0 Å². The summed E-state index contributed by atoms with van der Waals surface area (Å²) in [5.74, 6) is 0.696. The molecule has 1 nitrogen and oxygen atoms in total. The first-order valence-corrected chi connectivity index (χ1v) is 4.12. The van der Waals surface area contributed by atoms with Gasteiger partial charge in [-0.1, -0.05) is 0 Å². The van der Waals surface area contributed by atoms with Gasteiger partial charge in [-0.3, -0.25) is 0 Å². The molecule has 0 aliphatic heterocycles. The van der Waals surface area contributed by atoms with Crippen LogP contribution in [0.1, 0.15) is 10.6 Å². The number of nitrogens with zero attached hydrogens (tertiary/aromatic N) is 1. The Morgan fingerprint density at radius 3 is 3.00 bits per heavy atom. The van der Waals surface area contributed by atoms with E-state index in [1.165, 1.54) is 16.4 Å². The molecule has 0 bridgehead atoms. The van der Waals surface area contributed by atoms with E-state index in [0.717, 1.165) is 12.1 Å². The predicted octanol–water partition coefficient (Wildman–Crippen LogP) is 2.23. The highest BCUT2D eigenvalue weighted by atomic mass is 35.5. The topological polar surface area (TPSA) is 12.9 Å². The fraction of sp³-hybridized carbons (Fsp3) is 0.500. The molecule has 1 aromatic rings. The van der Waals surface area contributed by atoms with E-state index in [0.29, 0.717) is 5.88 Å². The third kappa shape index (κ3) is 1.95. The van der Waals surface area contributed by atoms with Crippen molar-refractivity contribution in [1.82, 2.24) is 4.37 Å². The quantitative estimate of drug-likeness (QED) is 0.607. The molecule has 1 aromatic heterocycles. The van der Waals surface area contributed by atoms with Crippen LogP contribution in [0.5, 0.6) is 0 Å². The molecule has 0 fully saturated rings. The van der Waals surface area contributed by atoms with E-state index in [2.05, 4.69) is 10.4 Å². The summed E-state index contributed by atoms with van der Waals surface area (Å²) in [6, 6.07) is 2.08. The molecule has 9 heavy (non-hydrogen) atoms. The first-order chi connectivity index (χ1) is 4.33. The van der Waals surface area contributed by atoms with Crippen LogP contribution in [0, 0.1) is 6.92 Å². The molecule has 0 aliphatic carbocycles. The third-order valence-electron chi connectivity index (χ3n) is 1.02. The maximum atomic E-state index is 5.52. The van der Waals surface area contributed by atoms with Crippen molar-refractivity contribution in [2.45, 2.75) is 13.3 Å². The van der Waals surface area contributed by atoms with Gasteiger partial charge in [0.25, 0.3) is 0 Å². The number of hydrogen-bond acceptors (Lipinski definition) is 2. The van der Waals surface area contributed by atoms with Gasteiger partial charge in [0.05, 0.1) is 5.69 Å². The Bertz CT molecular complexity index is 185. The Labute approximate surface area is 63.8 Å². The zero-order valence-corrected chi connectivity index (χ0v) is 6.80. The molecule has 0 saturated heterocycles. The third-order valence-corrected chi connectivity index (χ3v) is 2.14. The lowest BCUT2D eigenvalue weighted by Gasteiger charge is -1.83. The van der Waals surface area contributed by atoms with E-state index in [1.807, 2.05) is 6.92 Å². The number of hydrogen-bond donors (Lipinski definition) is 0. The van der Waals surface area contributed by atoms with Gasteiger partial charge in [-0.25, -0.2) is 0 Å². The van der Waals surface area contributed by atoms with Crippen LogP contribution in [-0.2, 0) is 6.42 Å². The van der Waals surface area contributed by atoms with Crippen molar-refractivity contribution < 1.29 is 0 Å². The minimum atomic E-state index is 0.696. The Morgan fingerprint density at radius 2 is 2.56 bits per heavy atom. The molecule has 0 atom stereocenters. The van der Waals surface area contributed by atoms with Gasteiger partial charge in [0, 0.05) is 10.8 Å². The number of halogens is 1. The summed E-state index contributed by atoms with van der Waals surface area (Å²) >= 11 is 7.06. The van der Waals surface area contributed by atoms with E-state index >= 15 is 0 Å². The minimum Gasteiger partial charge on any atom is -0.198 e. The highest BCUT2D eigenvalue weighted by molar-refractivity contribution is 7.05. The van der Waals surface area contributed by atoms with Crippen molar-refractivity contribution >= 4 is 23.1 Å². The smallest absolute Gasteiger partial charge is 0.0514 e. The standard InChI is InChI=1S/C6H8ClNS/c1-5-4-6(2-3-7)9-8-5/h4H,2-3H2,1H3. The lowest BCUT2D eigenvalue weighted by molar-refractivity contribution is 1.19. The summed E-state index contributed by atoms with van der Waals surface area (Å²) < 4.78 is 4.12. The van der Waals surface area contributed by atoms with Gasteiger partial charge in [0.1, 0.15) is 0 Å². The van der Waals surface area contributed by atoms with Crippen LogP contribution in [0.2, 0.25) is 0 Å². The SMILES string of the molecule is Cc1cc(CCCl)sn1. The second kappa shape index (κ2) is 3.18. The van der Waals surface area contributed by atoms with Gasteiger partial charge in [-0.05, 0) is 30.9 Å². The van der Waals surface area contributed by atoms with Crippen LogP contribution >= 0.6 is 23.1 Å². The van der Waals surface area contributed by atoms with E-state index in [9.17, 15) is 0 Å². The van der Waals surface area contributed by atoms with Crippen molar-refractivity contribution in [3.05, 3.63) is 16.6 Å². The first-order valence-electron chi connectivity index (χ1n) is 2.81. The average molecular weight is 162 g/mol. The molecule has 0 radical (unpaired) electrons. The maximum Gasteiger partial charge on any atom is 0.0514 e. The van der Waals surface area contributed by atoms with Crippen molar-refractivity contribution in [3.8, 4) is 0 Å². The van der Waals surface area contributed by atoms with Crippen molar-refractivity contribution in [3.63, 3.8) is 0 Å². The van der Waals surface area contributed by atoms with Gasteiger partial charge in [0.2, 0.25) is 0 Å². The molecule has 1 rings (SSSR count). The fourth-order valence-electron chi connectivity index (χ4n) is 0.627. The fourth-order valence-corrected chi connectivity index (χ4v) is 1.67. The summed E-state index contributed by atoms with van der Waals surface area (Å²) in [6.07, 6.45) is 0.951. The molecule has 0 aliphatic rings. The van der Waals surface area contributed by atoms with Crippen LogP contribution in [0.4, 0.5) is 0 Å². The zero-order chi connectivity index (χ0) is 6.69. The van der Waals surface area contributed by atoms with Crippen molar-refractivity contribution in [2.24, 2.45) is 0 Å². The van der Waals surface area contributed by atoms with Gasteiger partial charge in [-0.15, -0.1) is 11.6 Å². The molecule has 0 aromatic carbocycles. The van der Waals surface area contributed by atoms with Gasteiger partial charge < -0.3 is 0 Å². The van der Waals surface area contributed by atoms with Crippen LogP contribution in [0.15, 0.2) is 6.07 Å². The summed E-state index contributed by atoms with van der Waals surface area (Å²) in [7, 11) is 0. The second-order valence-electron chi connectivity index (χ2n) is 1.87. The number of aromatic nitrogens is 1. The number of rotatable bonds is 2. The Balaban J connectivity index is 2.61. The highest BCUT2D eigenvalue weighted by Gasteiger charge is 1.94. The Hall–Kier alpha value is -0.0800. The highest BCUT2D eigenvalue weighted by Crippen LogP contribution is 2.09. The first kappa shape index (κ1) is 7.03. The van der Waals surface area contributed by atoms with Crippen molar-refractivity contribution in [2.75, 3.05) is 5.88 Å². The maximum absolute atomic E-state index is 5.52. The Morgan fingerprint density at radius 1 is 1.78 bits per heavy atom. The second-order valence-corrected chi connectivity index (χ2v) is 3.14. The van der Waals surface area contributed by atoms with Crippen LogP contribution < -0.4 is 0 Å². The molecule has 0 N–H and O–H groups in total. The van der Waals surface area contributed by atoms with E-state index in [-0.39, 0.29) is 0 Å².